The van der Waals surface area contributed by atoms with E-state index in [-0.39, 0.29) is 0 Å². The summed E-state index contributed by atoms with van der Waals surface area (Å²) >= 11 is 6.16. The first-order valence-electron chi connectivity index (χ1n) is 5.80. The van der Waals surface area contributed by atoms with Crippen molar-refractivity contribution >= 4 is 22.5 Å². The predicted octanol–water partition coefficient (Wildman–Crippen LogP) is 3.53. The van der Waals surface area contributed by atoms with Crippen LogP contribution in [0.15, 0.2) is 18.3 Å². The summed E-state index contributed by atoms with van der Waals surface area (Å²) in [6, 6.07) is 0. The molecule has 0 aromatic carbocycles. The highest BCUT2D eigenvalue weighted by atomic mass is 35.5. The van der Waals surface area contributed by atoms with Gasteiger partial charge in [0.2, 0.25) is 0 Å². The highest BCUT2D eigenvalue weighted by molar-refractivity contribution is 6.33. The Balaban J connectivity index is 2.76. The lowest BCUT2D eigenvalue weighted by atomic mass is 10.1. The summed E-state index contributed by atoms with van der Waals surface area (Å²) in [7, 11) is 0. The summed E-state index contributed by atoms with van der Waals surface area (Å²) < 4.78 is 2.20. The van der Waals surface area contributed by atoms with Crippen molar-refractivity contribution in [3.8, 4) is 0 Å². The molecule has 0 saturated carbocycles. The number of aryl methyl sites for hydroxylation is 1. The zero-order valence-corrected chi connectivity index (χ0v) is 11.1. The fourth-order valence-electron chi connectivity index (χ4n) is 2.25. The summed E-state index contributed by atoms with van der Waals surface area (Å²) in [5.41, 5.74) is 3.55. The van der Waals surface area contributed by atoms with E-state index >= 15 is 0 Å². The van der Waals surface area contributed by atoms with Crippen molar-refractivity contribution in [1.29, 1.82) is 0 Å². The van der Waals surface area contributed by atoms with Crippen LogP contribution in [0.25, 0.3) is 10.9 Å². The van der Waals surface area contributed by atoms with Crippen LogP contribution < -0.4 is 0 Å². The number of halogens is 1. The fourth-order valence-corrected chi connectivity index (χ4v) is 2.49. The predicted molar refractivity (Wildman–Crippen MR) is 71.5 cm³/mol. The molecule has 3 nitrogen and oxygen atoms in total. The summed E-state index contributed by atoms with van der Waals surface area (Å²) in [6.07, 6.45) is 6.94. The van der Waals surface area contributed by atoms with Crippen LogP contribution in [0.5, 0.6) is 0 Å². The van der Waals surface area contributed by atoms with E-state index in [1.807, 2.05) is 13.0 Å². The number of aromatic nitrogens is 3. The lowest BCUT2D eigenvalue weighted by Gasteiger charge is -2.05. The summed E-state index contributed by atoms with van der Waals surface area (Å²) in [6.45, 7) is 7.11. The van der Waals surface area contributed by atoms with Gasteiger partial charge in [-0.15, -0.1) is 5.10 Å². The minimum absolute atomic E-state index is 0.481. The van der Waals surface area contributed by atoms with Gasteiger partial charge in [0.05, 0.1) is 11.7 Å². The lowest BCUT2D eigenvalue weighted by Crippen LogP contribution is -1.99. The molecule has 90 valence electrons. The van der Waals surface area contributed by atoms with Crippen LogP contribution in [0.1, 0.15) is 25.1 Å². The highest BCUT2D eigenvalue weighted by Crippen LogP contribution is 2.29. The van der Waals surface area contributed by atoms with E-state index in [4.69, 9.17) is 11.6 Å². The third-order valence-electron chi connectivity index (χ3n) is 3.10. The smallest absolute Gasteiger partial charge is 0.175 e. The van der Waals surface area contributed by atoms with Crippen molar-refractivity contribution in [1.82, 2.24) is 14.8 Å². The van der Waals surface area contributed by atoms with Gasteiger partial charge in [0.1, 0.15) is 0 Å². The van der Waals surface area contributed by atoms with Gasteiger partial charge in [-0.25, -0.2) is 0 Å². The minimum atomic E-state index is 0.481. The normalized spacial score (nSPS) is 11.8. The molecule has 0 spiro atoms. The van der Waals surface area contributed by atoms with E-state index in [0.717, 1.165) is 23.9 Å². The van der Waals surface area contributed by atoms with Crippen LogP contribution in [0.4, 0.5) is 0 Å². The molecule has 0 N–H and O–H groups in total. The summed E-state index contributed by atoms with van der Waals surface area (Å²) in [5.74, 6) is 0. The Labute approximate surface area is 106 Å². The molecule has 0 radical (unpaired) electrons. The second-order valence-corrected chi connectivity index (χ2v) is 4.35. The Morgan fingerprint density at radius 1 is 1.47 bits per heavy atom. The van der Waals surface area contributed by atoms with Crippen molar-refractivity contribution in [2.45, 2.75) is 33.7 Å². The fraction of sp³-hybridized carbons (Fsp3) is 0.385. The molecular weight excluding hydrogens is 234 g/mol. The van der Waals surface area contributed by atoms with E-state index < -0.39 is 0 Å². The van der Waals surface area contributed by atoms with Crippen molar-refractivity contribution < 1.29 is 0 Å². The molecule has 0 fully saturated rings. The van der Waals surface area contributed by atoms with Gasteiger partial charge in [-0.1, -0.05) is 30.7 Å². The maximum atomic E-state index is 6.16. The molecule has 2 rings (SSSR count). The Morgan fingerprint density at radius 2 is 2.24 bits per heavy atom. The Hall–Kier alpha value is -1.35. The molecule has 0 aliphatic carbocycles. The van der Waals surface area contributed by atoms with Gasteiger partial charge < -0.3 is 4.57 Å². The molecule has 0 saturated heterocycles. The standard InChI is InChI=1S/C13H16ClN3/c1-4-6-7-17-9(3)10(5-2)11-8-15-16-13(14)12(11)17/h4,6,8H,5,7H2,1-3H3. The van der Waals surface area contributed by atoms with Gasteiger partial charge >= 0.3 is 0 Å². The molecule has 0 aliphatic heterocycles. The van der Waals surface area contributed by atoms with Crippen LogP contribution in [0.2, 0.25) is 5.15 Å². The molecule has 4 heteroatoms. The average molecular weight is 250 g/mol. The van der Waals surface area contributed by atoms with Crippen LogP contribution >= 0.6 is 11.6 Å². The SMILES string of the molecule is CC=CCn1c(C)c(CC)c2cnnc(Cl)c21. The minimum Gasteiger partial charge on any atom is -0.338 e. The van der Waals surface area contributed by atoms with Gasteiger partial charge in [-0.05, 0) is 25.8 Å². The molecule has 0 aliphatic rings. The largest absolute Gasteiger partial charge is 0.338 e. The zero-order valence-electron chi connectivity index (χ0n) is 10.4. The maximum Gasteiger partial charge on any atom is 0.175 e. The van der Waals surface area contributed by atoms with Crippen LogP contribution in [0.3, 0.4) is 0 Å². The molecule has 2 heterocycles. The zero-order chi connectivity index (χ0) is 12.4. The number of hydrogen-bond donors (Lipinski definition) is 0. The Kier molecular flexibility index (Phi) is 3.48. The van der Waals surface area contributed by atoms with Crippen LogP contribution in [-0.2, 0) is 13.0 Å². The number of hydrogen-bond acceptors (Lipinski definition) is 2. The van der Waals surface area contributed by atoms with Crippen molar-refractivity contribution in [3.63, 3.8) is 0 Å². The molecule has 17 heavy (non-hydrogen) atoms. The van der Waals surface area contributed by atoms with Gasteiger partial charge in [0.15, 0.2) is 5.15 Å². The van der Waals surface area contributed by atoms with Crippen molar-refractivity contribution in [3.05, 3.63) is 34.8 Å². The first-order chi connectivity index (χ1) is 8.20. The van der Waals surface area contributed by atoms with Crippen molar-refractivity contribution in [2.75, 3.05) is 0 Å². The molecule has 2 aromatic heterocycles. The number of allylic oxidation sites excluding steroid dienone is 2. The first-order valence-corrected chi connectivity index (χ1v) is 6.18. The van der Waals surface area contributed by atoms with Crippen LogP contribution in [0, 0.1) is 6.92 Å². The topological polar surface area (TPSA) is 30.7 Å². The van der Waals surface area contributed by atoms with Gasteiger partial charge in [0, 0.05) is 17.6 Å². The van der Waals surface area contributed by atoms with E-state index in [0.29, 0.717) is 5.15 Å². The van der Waals surface area contributed by atoms with Crippen molar-refractivity contribution in [2.24, 2.45) is 0 Å². The van der Waals surface area contributed by atoms with E-state index in [9.17, 15) is 0 Å². The van der Waals surface area contributed by atoms with Crippen LogP contribution in [-0.4, -0.2) is 14.8 Å². The quantitative estimate of drug-likeness (QED) is 0.779. The number of fused-ring (bicyclic) bond motifs is 1. The lowest BCUT2D eigenvalue weighted by molar-refractivity contribution is 0.813. The maximum absolute atomic E-state index is 6.16. The molecular formula is C13H16ClN3. The highest BCUT2D eigenvalue weighted by Gasteiger charge is 2.15. The van der Waals surface area contributed by atoms with E-state index in [2.05, 4.69) is 34.7 Å². The second kappa shape index (κ2) is 4.88. The summed E-state index contributed by atoms with van der Waals surface area (Å²) in [4.78, 5) is 0. The molecule has 0 bridgehead atoms. The van der Waals surface area contributed by atoms with E-state index in [1.165, 1.54) is 11.3 Å². The Morgan fingerprint density at radius 3 is 2.88 bits per heavy atom. The number of rotatable bonds is 3. The molecule has 0 amide bonds. The average Bonchev–Trinajstić information content (AvgIpc) is 2.60. The second-order valence-electron chi connectivity index (χ2n) is 3.99. The monoisotopic (exact) mass is 249 g/mol. The van der Waals surface area contributed by atoms with Gasteiger partial charge in [-0.3, -0.25) is 0 Å². The summed E-state index contributed by atoms with van der Waals surface area (Å²) in [5, 5.41) is 9.48. The Bertz CT molecular complexity index is 570. The van der Waals surface area contributed by atoms with Gasteiger partial charge in [0.25, 0.3) is 0 Å². The third kappa shape index (κ3) is 1.95. The van der Waals surface area contributed by atoms with Gasteiger partial charge in [-0.2, -0.15) is 5.10 Å². The first kappa shape index (κ1) is 12.1. The molecule has 0 unspecified atom stereocenters. The molecule has 0 atom stereocenters. The third-order valence-corrected chi connectivity index (χ3v) is 3.35. The molecule has 2 aromatic rings. The van der Waals surface area contributed by atoms with E-state index in [1.54, 1.807) is 6.20 Å². The number of nitrogens with zero attached hydrogens (tertiary/aromatic N) is 3.